The molecule has 12 rings (SSSR count). The molecule has 0 spiro atoms. The first-order valence-corrected chi connectivity index (χ1v) is 22.3. The fourth-order valence-corrected chi connectivity index (χ4v) is 9.04. The number of fused-ring (bicyclic) bond motifs is 3. The topological polar surface area (TPSA) is 43.6 Å². The summed E-state index contributed by atoms with van der Waals surface area (Å²) in [6, 6.07) is 77.5. The Labute approximate surface area is 395 Å². The Morgan fingerprint density at radius 2 is 0.672 bits per heavy atom. The first-order valence-electron chi connectivity index (χ1n) is 24.3. The molecule has 0 unspecified atom stereocenters. The van der Waals surface area contributed by atoms with E-state index in [-0.39, 0.29) is 24.2 Å². The number of hydrogen-bond donors (Lipinski definition) is 0. The fourth-order valence-electron chi connectivity index (χ4n) is 9.04. The molecule has 0 saturated heterocycles. The van der Waals surface area contributed by atoms with Crippen molar-refractivity contribution >= 4 is 21.8 Å². The van der Waals surface area contributed by atoms with Gasteiger partial charge in [0, 0.05) is 38.7 Å². The van der Waals surface area contributed by atoms with Crippen LogP contribution in [0.25, 0.3) is 117 Å². The lowest BCUT2D eigenvalue weighted by Crippen LogP contribution is -2.01. The Kier molecular flexibility index (Phi) is 9.07. The summed E-state index contributed by atoms with van der Waals surface area (Å²) in [6.07, 6.45) is 0. The highest BCUT2D eigenvalue weighted by atomic mass is 15.0. The van der Waals surface area contributed by atoms with Gasteiger partial charge in [-0.15, -0.1) is 0 Å². The summed E-state index contributed by atoms with van der Waals surface area (Å²) in [6.45, 7) is 0. The molecule has 0 N–H and O–H groups in total. The van der Waals surface area contributed by atoms with Crippen LogP contribution in [0.15, 0.2) is 255 Å². The molecule has 67 heavy (non-hydrogen) atoms. The molecule has 2 aromatic heterocycles. The summed E-state index contributed by atoms with van der Waals surface area (Å²) in [5.74, 6) is 1.57. The SMILES string of the molecule is [2H]c1c([2H])c([2H])c2c(c1[2H])c1cccc(-c3cc(-c4ccccc4)cc(-c4ccccc4)c3)c1n2-c1ccc(-c2nc(-c3ccc(-c4ccccc4)cc3)nc(-c3ccc(-c4ccccc4)cc3)n2)cc1. The Bertz CT molecular complexity index is 3760. The van der Waals surface area contributed by atoms with Crippen LogP contribution < -0.4 is 0 Å². The molecule has 12 aromatic rings. The van der Waals surface area contributed by atoms with Gasteiger partial charge in [-0.25, -0.2) is 15.0 Å². The monoisotopic (exact) mass is 858 g/mol. The summed E-state index contributed by atoms with van der Waals surface area (Å²) in [5.41, 5.74) is 14.9. The van der Waals surface area contributed by atoms with Crippen LogP contribution in [-0.4, -0.2) is 19.5 Å². The maximum Gasteiger partial charge on any atom is 0.164 e. The van der Waals surface area contributed by atoms with Crippen molar-refractivity contribution < 1.29 is 5.48 Å². The van der Waals surface area contributed by atoms with Gasteiger partial charge in [-0.2, -0.15) is 0 Å². The average molecular weight is 859 g/mol. The van der Waals surface area contributed by atoms with Crippen molar-refractivity contribution in [2.45, 2.75) is 0 Å². The molecule has 0 bridgehead atoms. The largest absolute Gasteiger partial charge is 0.309 e. The molecule has 314 valence electrons. The van der Waals surface area contributed by atoms with Crippen LogP contribution in [0.1, 0.15) is 5.48 Å². The number of benzene rings is 10. The van der Waals surface area contributed by atoms with Gasteiger partial charge in [-0.3, -0.25) is 0 Å². The zero-order valence-corrected chi connectivity index (χ0v) is 36.2. The molecule has 0 amide bonds. The number of nitrogens with zero attached hydrogens (tertiary/aromatic N) is 4. The van der Waals surface area contributed by atoms with Gasteiger partial charge in [0.05, 0.1) is 16.5 Å². The average Bonchev–Trinajstić information content (AvgIpc) is 3.81. The fraction of sp³-hybridized carbons (Fsp3) is 0. The molecule has 0 aliphatic carbocycles. The first-order chi connectivity index (χ1) is 34.9. The standard InChI is InChI=1S/C63H42N4/c1-5-16-43(17-6-1)47-28-32-49(33-29-47)61-64-62(50-34-30-48(31-35-50)44-18-7-2-8-19-44)66-63(65-61)51-36-38-55(39-37-51)67-59-27-14-13-24-57(59)58-26-15-25-56(60(58)67)54-41-52(45-20-9-3-10-21-45)40-53(42-54)46-22-11-4-12-23-46/h1-42H/i13D,14D,24D,27D. The lowest BCUT2D eigenvalue weighted by Gasteiger charge is -2.15. The normalized spacial score (nSPS) is 12.1. The summed E-state index contributed by atoms with van der Waals surface area (Å²) < 4.78 is 38.3. The molecule has 0 aliphatic rings. The molecule has 2 heterocycles. The Morgan fingerprint density at radius 1 is 0.299 bits per heavy atom. The van der Waals surface area contributed by atoms with Gasteiger partial charge in [-0.1, -0.05) is 206 Å². The zero-order valence-electron chi connectivity index (χ0n) is 40.2. The number of aromatic nitrogens is 4. The van der Waals surface area contributed by atoms with E-state index in [2.05, 4.69) is 97.1 Å². The van der Waals surface area contributed by atoms with Gasteiger partial charge in [0.25, 0.3) is 0 Å². The quantitative estimate of drug-likeness (QED) is 0.145. The minimum absolute atomic E-state index is 0.0830. The van der Waals surface area contributed by atoms with Gasteiger partial charge in [0.2, 0.25) is 0 Å². The maximum absolute atomic E-state index is 9.39. The highest BCUT2D eigenvalue weighted by Crippen LogP contribution is 2.41. The summed E-state index contributed by atoms with van der Waals surface area (Å²) in [7, 11) is 0. The number of para-hydroxylation sites is 2. The van der Waals surface area contributed by atoms with Crippen LogP contribution in [-0.2, 0) is 0 Å². The Balaban J connectivity index is 1.03. The molecule has 0 radical (unpaired) electrons. The lowest BCUT2D eigenvalue weighted by atomic mass is 9.92. The molecule has 0 fully saturated rings. The van der Waals surface area contributed by atoms with E-state index in [0.717, 1.165) is 88.9 Å². The molecular weight excluding hydrogens is 813 g/mol. The van der Waals surface area contributed by atoms with E-state index in [4.69, 9.17) is 17.7 Å². The molecular formula is C63H42N4. The smallest absolute Gasteiger partial charge is 0.164 e. The summed E-state index contributed by atoms with van der Waals surface area (Å²) >= 11 is 0. The van der Waals surface area contributed by atoms with Gasteiger partial charge >= 0.3 is 0 Å². The van der Waals surface area contributed by atoms with E-state index < -0.39 is 0 Å². The van der Waals surface area contributed by atoms with Crippen molar-refractivity contribution in [2.75, 3.05) is 0 Å². The highest BCUT2D eigenvalue weighted by molar-refractivity contribution is 6.14. The van der Waals surface area contributed by atoms with E-state index >= 15 is 0 Å². The van der Waals surface area contributed by atoms with E-state index in [1.165, 1.54) is 0 Å². The highest BCUT2D eigenvalue weighted by Gasteiger charge is 2.19. The van der Waals surface area contributed by atoms with Crippen LogP contribution >= 0.6 is 0 Å². The molecule has 0 atom stereocenters. The number of rotatable bonds is 9. The van der Waals surface area contributed by atoms with Crippen molar-refractivity contribution in [3.05, 3.63) is 255 Å². The van der Waals surface area contributed by atoms with Crippen molar-refractivity contribution in [1.29, 1.82) is 0 Å². The second kappa shape index (κ2) is 17.2. The van der Waals surface area contributed by atoms with Crippen molar-refractivity contribution in [3.63, 3.8) is 0 Å². The zero-order chi connectivity index (χ0) is 48.0. The van der Waals surface area contributed by atoms with Crippen LogP contribution in [0.4, 0.5) is 0 Å². The molecule has 0 aliphatic heterocycles. The van der Waals surface area contributed by atoms with Crippen molar-refractivity contribution in [2.24, 2.45) is 0 Å². The third-order valence-electron chi connectivity index (χ3n) is 12.4. The maximum atomic E-state index is 9.39. The predicted molar refractivity (Wildman–Crippen MR) is 278 cm³/mol. The van der Waals surface area contributed by atoms with E-state index in [1.54, 1.807) is 0 Å². The van der Waals surface area contributed by atoms with Crippen LogP contribution in [0.5, 0.6) is 0 Å². The van der Waals surface area contributed by atoms with E-state index in [1.807, 2.05) is 138 Å². The predicted octanol–water partition coefficient (Wildman–Crippen LogP) is 16.3. The van der Waals surface area contributed by atoms with Gasteiger partial charge in [0.15, 0.2) is 17.5 Å². The van der Waals surface area contributed by atoms with Gasteiger partial charge in [-0.05, 0) is 98.6 Å². The van der Waals surface area contributed by atoms with Crippen LogP contribution in [0.3, 0.4) is 0 Å². The van der Waals surface area contributed by atoms with Gasteiger partial charge in [0.1, 0.15) is 0 Å². The lowest BCUT2D eigenvalue weighted by molar-refractivity contribution is 1.07. The molecule has 0 saturated carbocycles. The minimum atomic E-state index is -0.291. The Hall–Kier alpha value is -8.99. The Morgan fingerprint density at radius 3 is 1.13 bits per heavy atom. The molecule has 4 heteroatoms. The second-order valence-corrected chi connectivity index (χ2v) is 16.5. The third-order valence-corrected chi connectivity index (χ3v) is 12.4. The van der Waals surface area contributed by atoms with Crippen molar-refractivity contribution in [3.8, 4) is 95.5 Å². The summed E-state index contributed by atoms with van der Waals surface area (Å²) in [5, 5.41) is 1.19. The van der Waals surface area contributed by atoms with Gasteiger partial charge < -0.3 is 4.57 Å². The van der Waals surface area contributed by atoms with Crippen LogP contribution in [0, 0.1) is 0 Å². The van der Waals surface area contributed by atoms with Crippen LogP contribution in [0.2, 0.25) is 0 Å². The first kappa shape index (κ1) is 35.4. The molecule has 10 aromatic carbocycles. The summed E-state index contributed by atoms with van der Waals surface area (Å²) in [4.78, 5) is 15.2. The molecule has 4 nitrogen and oxygen atoms in total. The van der Waals surface area contributed by atoms with Crippen molar-refractivity contribution in [1.82, 2.24) is 19.5 Å². The third kappa shape index (κ3) is 7.67. The van der Waals surface area contributed by atoms with E-state index in [9.17, 15) is 2.74 Å². The second-order valence-electron chi connectivity index (χ2n) is 16.5. The number of hydrogen-bond acceptors (Lipinski definition) is 3. The van der Waals surface area contributed by atoms with E-state index in [0.29, 0.717) is 28.4 Å². The minimum Gasteiger partial charge on any atom is -0.309 e.